The molecule has 0 spiro atoms. The van der Waals surface area contributed by atoms with E-state index in [1.807, 2.05) is 0 Å². The zero-order chi connectivity index (χ0) is 14.5. The van der Waals surface area contributed by atoms with Gasteiger partial charge in [0.2, 0.25) is 5.82 Å². The molecule has 1 N–H and O–H groups in total. The van der Waals surface area contributed by atoms with Crippen LogP contribution in [-0.4, -0.2) is 58.3 Å². The fraction of sp³-hybridized carbons (Fsp3) is 0.556. The third kappa shape index (κ3) is 4.94. The summed E-state index contributed by atoms with van der Waals surface area (Å²) in [5.74, 6) is -2.02. The van der Waals surface area contributed by atoms with E-state index in [1.54, 1.807) is 0 Å². The molecule has 0 fully saturated rings. The van der Waals surface area contributed by atoms with Crippen molar-refractivity contribution in [1.82, 2.24) is 20.1 Å². The van der Waals surface area contributed by atoms with Crippen LogP contribution < -0.4 is 0 Å². The first-order valence-electron chi connectivity index (χ1n) is 5.11. The highest BCUT2D eigenvalue weighted by Crippen LogP contribution is 2.17. The number of nitrogens with zero attached hydrogens (tertiary/aromatic N) is 3. The van der Waals surface area contributed by atoms with Crippen LogP contribution >= 0.6 is 0 Å². The number of aromatic amines is 1. The minimum absolute atomic E-state index is 0.325. The van der Waals surface area contributed by atoms with Gasteiger partial charge in [-0.2, -0.15) is 18.3 Å². The molecule has 106 valence electrons. The highest BCUT2D eigenvalue weighted by atomic mass is 19.4. The summed E-state index contributed by atoms with van der Waals surface area (Å²) >= 11 is 0. The molecule has 0 bridgehead atoms. The molecule has 0 aliphatic carbocycles. The monoisotopic (exact) mass is 280 g/mol. The van der Waals surface area contributed by atoms with E-state index in [1.165, 1.54) is 0 Å². The van der Waals surface area contributed by atoms with Crippen molar-refractivity contribution in [3.63, 3.8) is 0 Å². The van der Waals surface area contributed by atoms with Gasteiger partial charge in [0.15, 0.2) is 0 Å². The number of hydrogen-bond acceptors (Lipinski definition) is 5. The van der Waals surface area contributed by atoms with E-state index in [0.717, 1.165) is 13.4 Å². The smallest absolute Gasteiger partial charge is 0.406 e. The summed E-state index contributed by atoms with van der Waals surface area (Å²) in [6, 6.07) is 0. The van der Waals surface area contributed by atoms with E-state index >= 15 is 0 Å². The number of nitrogens with one attached hydrogen (secondary N) is 1. The van der Waals surface area contributed by atoms with E-state index in [-0.39, 0.29) is 12.2 Å². The molecule has 0 aliphatic heterocycles. The molecule has 0 aromatic carbocycles. The topological polar surface area (TPSA) is 88.2 Å². The maximum absolute atomic E-state index is 12.4. The second kappa shape index (κ2) is 6.16. The Morgan fingerprint density at radius 2 is 2.16 bits per heavy atom. The third-order valence-corrected chi connectivity index (χ3v) is 2.09. The Morgan fingerprint density at radius 1 is 1.47 bits per heavy atom. The van der Waals surface area contributed by atoms with Crippen molar-refractivity contribution in [3.8, 4) is 0 Å². The van der Waals surface area contributed by atoms with Gasteiger partial charge < -0.3 is 9.64 Å². The maximum atomic E-state index is 12.4. The maximum Gasteiger partial charge on any atom is 0.406 e. The van der Waals surface area contributed by atoms with Crippen molar-refractivity contribution in [2.45, 2.75) is 12.6 Å². The molecule has 1 heterocycles. The lowest BCUT2D eigenvalue weighted by Crippen LogP contribution is -2.40. The Hall–Kier alpha value is -2.13. The quantitative estimate of drug-likeness (QED) is 0.787. The first kappa shape index (κ1) is 14.9. The van der Waals surface area contributed by atoms with Crippen molar-refractivity contribution in [3.05, 3.63) is 12.2 Å². The van der Waals surface area contributed by atoms with Gasteiger partial charge in [-0.15, -0.1) is 0 Å². The van der Waals surface area contributed by atoms with Crippen LogP contribution in [0.1, 0.15) is 17.0 Å². The lowest BCUT2D eigenvalue weighted by Gasteiger charge is -2.22. The van der Waals surface area contributed by atoms with Crippen LogP contribution in [0.5, 0.6) is 0 Å². The second-order valence-electron chi connectivity index (χ2n) is 3.50. The SMILES string of the molecule is COC(=O)CCN(CC(F)(F)F)C(=O)c1ncn[nH]1. The van der Waals surface area contributed by atoms with Gasteiger partial charge in [0, 0.05) is 6.54 Å². The largest absolute Gasteiger partial charge is 0.469 e. The molecule has 19 heavy (non-hydrogen) atoms. The molecule has 0 saturated heterocycles. The molecule has 1 aromatic heterocycles. The number of rotatable bonds is 5. The average molecular weight is 280 g/mol. The van der Waals surface area contributed by atoms with Gasteiger partial charge in [-0.25, -0.2) is 4.98 Å². The van der Waals surface area contributed by atoms with Gasteiger partial charge in [0.05, 0.1) is 13.5 Å². The summed E-state index contributed by atoms with van der Waals surface area (Å²) in [6.07, 6.45) is -3.92. The highest BCUT2D eigenvalue weighted by Gasteiger charge is 2.34. The number of H-pyrrole nitrogens is 1. The fourth-order valence-electron chi connectivity index (χ4n) is 1.26. The van der Waals surface area contributed by atoms with E-state index in [4.69, 9.17) is 0 Å². The number of halogens is 3. The summed E-state index contributed by atoms with van der Waals surface area (Å²) in [5.41, 5.74) is 0. The van der Waals surface area contributed by atoms with E-state index < -0.39 is 31.1 Å². The average Bonchev–Trinajstić information content (AvgIpc) is 2.85. The Bertz CT molecular complexity index is 432. The first-order valence-corrected chi connectivity index (χ1v) is 5.11. The first-order chi connectivity index (χ1) is 8.83. The third-order valence-electron chi connectivity index (χ3n) is 2.09. The Balaban J connectivity index is 2.74. The molecule has 0 saturated carbocycles. The molecule has 0 radical (unpaired) electrons. The van der Waals surface area contributed by atoms with Crippen molar-refractivity contribution >= 4 is 11.9 Å². The Labute approximate surface area is 105 Å². The van der Waals surface area contributed by atoms with Gasteiger partial charge in [-0.1, -0.05) is 0 Å². The molecular formula is C9H11F3N4O3. The zero-order valence-corrected chi connectivity index (χ0v) is 9.90. The zero-order valence-electron chi connectivity index (χ0n) is 9.90. The highest BCUT2D eigenvalue weighted by molar-refractivity contribution is 5.90. The summed E-state index contributed by atoms with van der Waals surface area (Å²) in [5, 5.41) is 5.55. The molecule has 1 aromatic rings. The van der Waals surface area contributed by atoms with Crippen molar-refractivity contribution in [2.24, 2.45) is 0 Å². The summed E-state index contributed by atoms with van der Waals surface area (Å²) in [4.78, 5) is 26.6. The predicted octanol–water partition coefficient (Wildman–Crippen LogP) is 0.372. The van der Waals surface area contributed by atoms with E-state index in [0.29, 0.717) is 4.90 Å². The van der Waals surface area contributed by atoms with Crippen LogP contribution in [0.15, 0.2) is 6.33 Å². The molecule has 0 atom stereocenters. The second-order valence-corrected chi connectivity index (χ2v) is 3.50. The standard InChI is InChI=1S/C9H11F3N4O3/c1-19-6(17)2-3-16(4-9(10,11)12)8(18)7-13-5-14-15-7/h5H,2-4H2,1H3,(H,13,14,15). The van der Waals surface area contributed by atoms with Crippen LogP contribution in [0.25, 0.3) is 0 Å². The normalized spacial score (nSPS) is 11.2. The van der Waals surface area contributed by atoms with Crippen LogP contribution in [0, 0.1) is 0 Å². The van der Waals surface area contributed by atoms with Crippen LogP contribution in [-0.2, 0) is 9.53 Å². The number of ether oxygens (including phenoxy) is 1. The number of amides is 1. The summed E-state index contributed by atoms with van der Waals surface area (Å²) in [6.45, 7) is -1.91. The number of esters is 1. The lowest BCUT2D eigenvalue weighted by atomic mass is 10.3. The van der Waals surface area contributed by atoms with Crippen molar-refractivity contribution < 1.29 is 27.5 Å². The lowest BCUT2D eigenvalue weighted by molar-refractivity contribution is -0.147. The molecule has 0 aliphatic rings. The van der Waals surface area contributed by atoms with Crippen molar-refractivity contribution in [2.75, 3.05) is 20.2 Å². The number of hydrogen-bond donors (Lipinski definition) is 1. The molecule has 1 amide bonds. The molecular weight excluding hydrogens is 269 g/mol. The van der Waals surface area contributed by atoms with E-state index in [2.05, 4.69) is 19.9 Å². The fourth-order valence-corrected chi connectivity index (χ4v) is 1.26. The van der Waals surface area contributed by atoms with Gasteiger partial charge in [0.1, 0.15) is 12.9 Å². The molecule has 0 unspecified atom stereocenters. The number of aromatic nitrogens is 3. The molecule has 7 nitrogen and oxygen atoms in total. The molecule has 10 heteroatoms. The summed E-state index contributed by atoms with van der Waals surface area (Å²) < 4.78 is 41.4. The van der Waals surface area contributed by atoms with Crippen LogP contribution in [0.2, 0.25) is 0 Å². The Morgan fingerprint density at radius 3 is 2.63 bits per heavy atom. The van der Waals surface area contributed by atoms with Gasteiger partial charge >= 0.3 is 12.1 Å². The van der Waals surface area contributed by atoms with E-state index in [9.17, 15) is 22.8 Å². The van der Waals surface area contributed by atoms with Crippen LogP contribution in [0.3, 0.4) is 0 Å². The number of carbonyl (C=O) groups excluding carboxylic acids is 2. The van der Waals surface area contributed by atoms with Crippen LogP contribution in [0.4, 0.5) is 13.2 Å². The van der Waals surface area contributed by atoms with Crippen molar-refractivity contribution in [1.29, 1.82) is 0 Å². The number of alkyl halides is 3. The van der Waals surface area contributed by atoms with Gasteiger partial charge in [-0.3, -0.25) is 14.7 Å². The molecule has 1 rings (SSSR count). The Kier molecular flexibility index (Phi) is 4.84. The van der Waals surface area contributed by atoms with Gasteiger partial charge in [0.25, 0.3) is 5.91 Å². The number of carbonyl (C=O) groups is 2. The van der Waals surface area contributed by atoms with Gasteiger partial charge in [-0.05, 0) is 0 Å². The minimum Gasteiger partial charge on any atom is -0.469 e. The summed E-state index contributed by atoms with van der Waals surface area (Å²) in [7, 11) is 1.11. The number of methoxy groups -OCH3 is 1. The minimum atomic E-state index is -4.58. The predicted molar refractivity (Wildman–Crippen MR) is 55.0 cm³/mol.